The summed E-state index contributed by atoms with van der Waals surface area (Å²) >= 11 is 5.89. The second-order valence-corrected chi connectivity index (χ2v) is 4.26. The van der Waals surface area contributed by atoms with Gasteiger partial charge >= 0.3 is 0 Å². The second kappa shape index (κ2) is 3.47. The number of aromatic nitrogens is 3. The Morgan fingerprint density at radius 3 is 3.20 bits per heavy atom. The zero-order valence-electron chi connectivity index (χ0n) is 8.15. The summed E-state index contributed by atoms with van der Waals surface area (Å²) in [6.07, 6.45) is 3.06. The van der Waals surface area contributed by atoms with Gasteiger partial charge in [0.1, 0.15) is 5.82 Å². The lowest BCUT2D eigenvalue weighted by atomic mass is 10.1. The molecular formula is C10H11ClN4. The number of halogens is 1. The third-order valence-corrected chi connectivity index (χ3v) is 3.06. The number of hydrogen-bond acceptors (Lipinski definition) is 3. The molecule has 0 bridgehead atoms. The second-order valence-electron chi connectivity index (χ2n) is 3.82. The summed E-state index contributed by atoms with van der Waals surface area (Å²) in [5.41, 5.74) is 0.824. The molecule has 78 valence electrons. The van der Waals surface area contributed by atoms with Crippen molar-refractivity contribution in [1.29, 1.82) is 0 Å². The minimum absolute atomic E-state index is 0.473. The van der Waals surface area contributed by atoms with Crippen LogP contribution in [0.15, 0.2) is 18.3 Å². The van der Waals surface area contributed by atoms with Crippen LogP contribution in [0, 0.1) is 0 Å². The number of nitrogens with zero attached hydrogens (tertiary/aromatic N) is 3. The fourth-order valence-corrected chi connectivity index (χ4v) is 2.19. The van der Waals surface area contributed by atoms with Crippen LogP contribution in [0.2, 0.25) is 5.02 Å². The first-order chi connectivity index (χ1) is 7.34. The molecule has 1 aliphatic heterocycles. The highest BCUT2D eigenvalue weighted by Gasteiger charge is 2.21. The molecule has 0 saturated carbocycles. The van der Waals surface area contributed by atoms with Crippen LogP contribution in [0.5, 0.6) is 0 Å². The molecule has 3 rings (SSSR count). The Morgan fingerprint density at radius 2 is 2.40 bits per heavy atom. The summed E-state index contributed by atoms with van der Waals surface area (Å²) in [6.45, 7) is 2.05. The molecule has 0 spiro atoms. The van der Waals surface area contributed by atoms with Gasteiger partial charge in [-0.2, -0.15) is 0 Å². The fourth-order valence-electron chi connectivity index (χ4n) is 2.04. The van der Waals surface area contributed by atoms with Crippen LogP contribution >= 0.6 is 11.6 Å². The average Bonchev–Trinajstić information content (AvgIpc) is 2.82. The Morgan fingerprint density at radius 1 is 1.47 bits per heavy atom. The minimum atomic E-state index is 0.473. The number of pyridine rings is 1. The molecular weight excluding hydrogens is 212 g/mol. The SMILES string of the molecule is Clc1ccn2c(C3CCNC3)nnc2c1. The summed E-state index contributed by atoms with van der Waals surface area (Å²) < 4.78 is 2.02. The predicted octanol–water partition coefficient (Wildman–Crippen LogP) is 1.46. The molecule has 0 amide bonds. The van der Waals surface area contributed by atoms with E-state index >= 15 is 0 Å². The number of rotatable bonds is 1. The van der Waals surface area contributed by atoms with Crippen LogP contribution in [-0.2, 0) is 0 Å². The van der Waals surface area contributed by atoms with E-state index in [1.165, 1.54) is 0 Å². The largest absolute Gasteiger partial charge is 0.316 e. The van der Waals surface area contributed by atoms with Gasteiger partial charge in [-0.05, 0) is 19.0 Å². The van der Waals surface area contributed by atoms with E-state index in [-0.39, 0.29) is 0 Å². The summed E-state index contributed by atoms with van der Waals surface area (Å²) in [6, 6.07) is 3.70. The van der Waals surface area contributed by atoms with Crippen LogP contribution in [0.3, 0.4) is 0 Å². The lowest BCUT2D eigenvalue weighted by Gasteiger charge is -2.05. The molecule has 1 atom stereocenters. The van der Waals surface area contributed by atoms with Crippen molar-refractivity contribution in [3.8, 4) is 0 Å². The molecule has 15 heavy (non-hydrogen) atoms. The number of fused-ring (bicyclic) bond motifs is 1. The summed E-state index contributed by atoms with van der Waals surface area (Å²) in [5, 5.41) is 12.4. The lowest BCUT2D eigenvalue weighted by molar-refractivity contribution is 0.691. The van der Waals surface area contributed by atoms with Crippen molar-refractivity contribution < 1.29 is 0 Å². The van der Waals surface area contributed by atoms with Crippen LogP contribution in [0.4, 0.5) is 0 Å². The van der Waals surface area contributed by atoms with E-state index in [1.807, 2.05) is 22.7 Å². The van der Waals surface area contributed by atoms with Gasteiger partial charge in [-0.15, -0.1) is 10.2 Å². The lowest BCUT2D eigenvalue weighted by Crippen LogP contribution is -2.10. The molecule has 1 aliphatic rings. The first-order valence-corrected chi connectivity index (χ1v) is 5.43. The zero-order chi connectivity index (χ0) is 10.3. The highest BCUT2D eigenvalue weighted by Crippen LogP contribution is 2.22. The Kier molecular flexibility index (Phi) is 2.11. The summed E-state index contributed by atoms with van der Waals surface area (Å²) in [4.78, 5) is 0. The third-order valence-electron chi connectivity index (χ3n) is 2.82. The molecule has 5 heteroatoms. The zero-order valence-corrected chi connectivity index (χ0v) is 8.91. The molecule has 3 heterocycles. The first kappa shape index (κ1) is 9.12. The van der Waals surface area contributed by atoms with Gasteiger partial charge in [-0.1, -0.05) is 11.6 Å². The molecule has 0 aromatic carbocycles. The molecule has 2 aromatic rings. The van der Waals surface area contributed by atoms with E-state index in [0.29, 0.717) is 10.9 Å². The minimum Gasteiger partial charge on any atom is -0.316 e. The average molecular weight is 223 g/mol. The molecule has 1 saturated heterocycles. The Hall–Kier alpha value is -1.13. The summed E-state index contributed by atoms with van der Waals surface area (Å²) in [7, 11) is 0. The van der Waals surface area contributed by atoms with Crippen molar-refractivity contribution in [3.05, 3.63) is 29.2 Å². The third kappa shape index (κ3) is 1.50. The van der Waals surface area contributed by atoms with Crippen LogP contribution in [0.1, 0.15) is 18.2 Å². The van der Waals surface area contributed by atoms with Gasteiger partial charge in [0.2, 0.25) is 0 Å². The molecule has 1 N–H and O–H groups in total. The maximum atomic E-state index is 5.89. The van der Waals surface area contributed by atoms with E-state index in [0.717, 1.165) is 31.0 Å². The van der Waals surface area contributed by atoms with E-state index in [1.54, 1.807) is 0 Å². The highest BCUT2D eigenvalue weighted by molar-refractivity contribution is 6.30. The molecule has 1 unspecified atom stereocenters. The van der Waals surface area contributed by atoms with E-state index in [4.69, 9.17) is 11.6 Å². The van der Waals surface area contributed by atoms with Crippen LogP contribution < -0.4 is 5.32 Å². The number of hydrogen-bond donors (Lipinski definition) is 1. The maximum absolute atomic E-state index is 5.89. The van der Waals surface area contributed by atoms with Gasteiger partial charge in [0.15, 0.2) is 5.65 Å². The van der Waals surface area contributed by atoms with Crippen molar-refractivity contribution >= 4 is 17.2 Å². The molecule has 1 fully saturated rings. The Balaban J connectivity index is 2.11. The van der Waals surface area contributed by atoms with Crippen molar-refractivity contribution in [3.63, 3.8) is 0 Å². The van der Waals surface area contributed by atoms with Crippen LogP contribution in [0.25, 0.3) is 5.65 Å². The van der Waals surface area contributed by atoms with E-state index in [2.05, 4.69) is 15.5 Å². The highest BCUT2D eigenvalue weighted by atomic mass is 35.5. The monoisotopic (exact) mass is 222 g/mol. The molecule has 2 aromatic heterocycles. The van der Waals surface area contributed by atoms with Gasteiger partial charge in [0.05, 0.1) is 0 Å². The van der Waals surface area contributed by atoms with Gasteiger partial charge in [0, 0.05) is 29.7 Å². The maximum Gasteiger partial charge on any atom is 0.162 e. The number of nitrogens with one attached hydrogen (secondary N) is 1. The first-order valence-electron chi connectivity index (χ1n) is 5.05. The normalized spacial score (nSPS) is 21.3. The van der Waals surface area contributed by atoms with E-state index < -0.39 is 0 Å². The van der Waals surface area contributed by atoms with Gasteiger partial charge in [-0.25, -0.2) is 0 Å². The smallest absolute Gasteiger partial charge is 0.162 e. The Bertz CT molecular complexity index is 487. The standard InChI is InChI=1S/C10H11ClN4/c11-8-2-4-15-9(5-8)13-14-10(15)7-1-3-12-6-7/h2,4-5,7,12H,1,3,6H2. The molecule has 0 radical (unpaired) electrons. The van der Waals surface area contributed by atoms with Crippen molar-refractivity contribution in [2.24, 2.45) is 0 Å². The van der Waals surface area contributed by atoms with Gasteiger partial charge in [0.25, 0.3) is 0 Å². The Labute approximate surface area is 92.3 Å². The van der Waals surface area contributed by atoms with Crippen molar-refractivity contribution in [2.45, 2.75) is 12.3 Å². The van der Waals surface area contributed by atoms with E-state index in [9.17, 15) is 0 Å². The van der Waals surface area contributed by atoms with Crippen molar-refractivity contribution in [1.82, 2.24) is 19.9 Å². The van der Waals surface area contributed by atoms with Crippen LogP contribution in [-0.4, -0.2) is 27.7 Å². The summed E-state index contributed by atoms with van der Waals surface area (Å²) in [5.74, 6) is 1.51. The van der Waals surface area contributed by atoms with Gasteiger partial charge < -0.3 is 5.32 Å². The topological polar surface area (TPSA) is 42.2 Å². The fraction of sp³-hybridized carbons (Fsp3) is 0.400. The van der Waals surface area contributed by atoms with Crippen molar-refractivity contribution in [2.75, 3.05) is 13.1 Å². The predicted molar refractivity (Wildman–Crippen MR) is 58.2 cm³/mol. The van der Waals surface area contributed by atoms with Gasteiger partial charge in [-0.3, -0.25) is 4.40 Å². The molecule has 0 aliphatic carbocycles. The molecule has 4 nitrogen and oxygen atoms in total. The quantitative estimate of drug-likeness (QED) is 0.795.